The molecule has 3 rings (SSSR count). The van der Waals surface area contributed by atoms with Crippen molar-refractivity contribution < 1.29 is 27.5 Å². The van der Waals surface area contributed by atoms with Gasteiger partial charge >= 0.3 is 12.1 Å². The number of halogens is 5. The van der Waals surface area contributed by atoms with E-state index in [-0.39, 0.29) is 24.5 Å². The van der Waals surface area contributed by atoms with Crippen LogP contribution in [0.4, 0.5) is 13.2 Å². The lowest BCUT2D eigenvalue weighted by atomic mass is 9.93. The van der Waals surface area contributed by atoms with Gasteiger partial charge in [0.2, 0.25) is 5.91 Å². The summed E-state index contributed by atoms with van der Waals surface area (Å²) in [5, 5.41) is 7.29. The van der Waals surface area contributed by atoms with Crippen LogP contribution in [0.25, 0.3) is 10.9 Å². The largest absolute Gasteiger partial charge is 0.469 e. The van der Waals surface area contributed by atoms with E-state index in [0.717, 1.165) is 7.11 Å². The molecule has 1 aromatic heterocycles. The number of nitrogens with zero attached hydrogens (tertiary/aromatic N) is 2. The molecule has 0 aliphatic carbocycles. The van der Waals surface area contributed by atoms with Crippen molar-refractivity contribution >= 4 is 50.3 Å². The lowest BCUT2D eigenvalue weighted by Crippen LogP contribution is -2.41. The standard InChI is InChI=1S/C16H14BrClF3N3O3/c1-27-11(25)4-8-2-7-3-10(17)13-12(14(18)23-22-13)9(7)5-24(15(8)26)6-16(19,20)21/h3,8H,2,4-6H2,1H3,(H,22,23). The van der Waals surface area contributed by atoms with Crippen molar-refractivity contribution in [3.8, 4) is 0 Å². The second kappa shape index (κ2) is 7.31. The van der Waals surface area contributed by atoms with Crippen LogP contribution in [0.15, 0.2) is 10.5 Å². The van der Waals surface area contributed by atoms with Gasteiger partial charge in [0.1, 0.15) is 17.2 Å². The zero-order valence-corrected chi connectivity index (χ0v) is 16.3. The predicted octanol–water partition coefficient (Wildman–Crippen LogP) is 3.61. The van der Waals surface area contributed by atoms with Crippen LogP contribution >= 0.6 is 27.5 Å². The maximum atomic E-state index is 13.0. The number of hydrogen-bond donors (Lipinski definition) is 1. The van der Waals surface area contributed by atoms with Gasteiger partial charge < -0.3 is 9.64 Å². The molecular weight excluding hydrogens is 455 g/mol. The number of aromatic nitrogens is 2. The third-order valence-corrected chi connectivity index (χ3v) is 5.30. The van der Waals surface area contributed by atoms with Crippen molar-refractivity contribution in [2.45, 2.75) is 25.6 Å². The first-order valence-electron chi connectivity index (χ1n) is 7.87. The fourth-order valence-electron chi connectivity index (χ4n) is 3.27. The highest BCUT2D eigenvalue weighted by molar-refractivity contribution is 9.10. The number of hydrogen-bond acceptors (Lipinski definition) is 4. The van der Waals surface area contributed by atoms with E-state index >= 15 is 0 Å². The summed E-state index contributed by atoms with van der Waals surface area (Å²) in [6, 6.07) is 1.70. The molecule has 1 aliphatic heterocycles. The number of alkyl halides is 3. The summed E-state index contributed by atoms with van der Waals surface area (Å²) in [4.78, 5) is 25.1. The number of methoxy groups -OCH3 is 1. The smallest absolute Gasteiger partial charge is 0.406 e. The van der Waals surface area contributed by atoms with Crippen LogP contribution in [-0.4, -0.2) is 46.8 Å². The topological polar surface area (TPSA) is 75.3 Å². The summed E-state index contributed by atoms with van der Waals surface area (Å²) < 4.78 is 44.3. The fourth-order valence-corrected chi connectivity index (χ4v) is 4.08. The molecule has 2 heterocycles. The first kappa shape index (κ1) is 19.9. The average Bonchev–Trinajstić information content (AvgIpc) is 2.92. The van der Waals surface area contributed by atoms with Crippen LogP contribution in [0.1, 0.15) is 17.5 Å². The molecule has 0 bridgehead atoms. The summed E-state index contributed by atoms with van der Waals surface area (Å²) in [5.41, 5.74) is 1.58. The molecule has 1 N–H and O–H groups in total. The zero-order valence-electron chi connectivity index (χ0n) is 14.0. The number of amides is 1. The molecule has 27 heavy (non-hydrogen) atoms. The Morgan fingerprint density at radius 1 is 1.52 bits per heavy atom. The Labute approximate surface area is 165 Å². The van der Waals surface area contributed by atoms with Crippen LogP contribution < -0.4 is 0 Å². The quantitative estimate of drug-likeness (QED) is 0.699. The Bertz CT molecular complexity index is 916. The van der Waals surface area contributed by atoms with Crippen molar-refractivity contribution in [3.05, 3.63) is 26.8 Å². The van der Waals surface area contributed by atoms with Crippen LogP contribution in [0.2, 0.25) is 5.15 Å². The summed E-state index contributed by atoms with van der Waals surface area (Å²) in [6.07, 6.45) is -4.80. The van der Waals surface area contributed by atoms with E-state index in [1.807, 2.05) is 0 Å². The lowest BCUT2D eigenvalue weighted by molar-refractivity contribution is -0.165. The molecule has 0 saturated heterocycles. The highest BCUT2D eigenvalue weighted by Gasteiger charge is 2.39. The summed E-state index contributed by atoms with van der Waals surface area (Å²) in [7, 11) is 1.16. The molecule has 1 atom stereocenters. The molecule has 0 radical (unpaired) electrons. The third kappa shape index (κ3) is 4.06. The minimum atomic E-state index is -4.58. The zero-order chi connectivity index (χ0) is 19.9. The molecule has 1 aliphatic rings. The summed E-state index contributed by atoms with van der Waals surface area (Å²) in [6.45, 7) is -1.70. The predicted molar refractivity (Wildman–Crippen MR) is 94.1 cm³/mol. The molecule has 1 amide bonds. The van der Waals surface area contributed by atoms with Gasteiger partial charge in [0, 0.05) is 16.4 Å². The summed E-state index contributed by atoms with van der Waals surface area (Å²) in [5.74, 6) is -2.38. The van der Waals surface area contributed by atoms with E-state index in [1.165, 1.54) is 0 Å². The van der Waals surface area contributed by atoms with Crippen LogP contribution in [0, 0.1) is 5.92 Å². The van der Waals surface area contributed by atoms with E-state index in [1.54, 1.807) is 6.07 Å². The number of esters is 1. The van der Waals surface area contributed by atoms with Crippen molar-refractivity contribution in [2.24, 2.45) is 5.92 Å². The normalized spacial score (nSPS) is 17.8. The van der Waals surface area contributed by atoms with Crippen LogP contribution in [-0.2, 0) is 27.3 Å². The Morgan fingerprint density at radius 3 is 2.85 bits per heavy atom. The number of benzene rings is 1. The molecule has 1 unspecified atom stereocenters. The molecule has 11 heteroatoms. The van der Waals surface area contributed by atoms with Gasteiger partial charge in [-0.05, 0) is 39.5 Å². The van der Waals surface area contributed by atoms with Gasteiger partial charge in [0.25, 0.3) is 0 Å². The maximum absolute atomic E-state index is 13.0. The van der Waals surface area contributed by atoms with Gasteiger partial charge in [0.05, 0.1) is 19.4 Å². The van der Waals surface area contributed by atoms with E-state index in [9.17, 15) is 22.8 Å². The van der Waals surface area contributed by atoms with Gasteiger partial charge in [-0.3, -0.25) is 14.7 Å². The van der Waals surface area contributed by atoms with E-state index < -0.39 is 30.5 Å². The molecule has 6 nitrogen and oxygen atoms in total. The second-order valence-electron chi connectivity index (χ2n) is 6.25. The minimum Gasteiger partial charge on any atom is -0.469 e. The first-order valence-corrected chi connectivity index (χ1v) is 9.04. The molecule has 0 spiro atoms. The van der Waals surface area contributed by atoms with Crippen molar-refractivity contribution in [1.82, 2.24) is 15.1 Å². The third-order valence-electron chi connectivity index (χ3n) is 4.43. The van der Waals surface area contributed by atoms with Gasteiger partial charge in [-0.15, -0.1) is 0 Å². The van der Waals surface area contributed by atoms with Crippen molar-refractivity contribution in [2.75, 3.05) is 13.7 Å². The van der Waals surface area contributed by atoms with Crippen molar-refractivity contribution in [1.29, 1.82) is 0 Å². The Kier molecular flexibility index (Phi) is 5.40. The lowest BCUT2D eigenvalue weighted by Gasteiger charge is -2.25. The van der Waals surface area contributed by atoms with Crippen molar-refractivity contribution in [3.63, 3.8) is 0 Å². The van der Waals surface area contributed by atoms with Crippen LogP contribution in [0.5, 0.6) is 0 Å². The Balaban J connectivity index is 2.13. The molecule has 146 valence electrons. The summed E-state index contributed by atoms with van der Waals surface area (Å²) >= 11 is 9.52. The highest BCUT2D eigenvalue weighted by Crippen LogP contribution is 2.37. The SMILES string of the molecule is COC(=O)CC1Cc2cc(Br)c3n[nH]c(Cl)c3c2CN(CC(F)(F)F)C1=O. The van der Waals surface area contributed by atoms with E-state index in [0.29, 0.717) is 31.4 Å². The molecular formula is C16H14BrClF3N3O3. The van der Waals surface area contributed by atoms with Gasteiger partial charge in [-0.25, -0.2) is 0 Å². The maximum Gasteiger partial charge on any atom is 0.406 e. The molecule has 0 saturated carbocycles. The van der Waals surface area contributed by atoms with Crippen LogP contribution in [0.3, 0.4) is 0 Å². The number of ether oxygens (including phenoxy) is 1. The van der Waals surface area contributed by atoms with Gasteiger partial charge in [0.15, 0.2) is 0 Å². The number of aromatic amines is 1. The van der Waals surface area contributed by atoms with E-state index in [2.05, 4.69) is 30.9 Å². The molecule has 0 fully saturated rings. The minimum absolute atomic E-state index is 0.0909. The number of H-pyrrole nitrogens is 1. The first-order chi connectivity index (χ1) is 12.6. The monoisotopic (exact) mass is 467 g/mol. The van der Waals surface area contributed by atoms with Gasteiger partial charge in [-0.1, -0.05) is 11.6 Å². The molecule has 2 aromatic rings. The fraction of sp³-hybridized carbons (Fsp3) is 0.438. The second-order valence-corrected chi connectivity index (χ2v) is 7.48. The number of nitrogens with one attached hydrogen (secondary N) is 1. The van der Waals surface area contributed by atoms with Gasteiger partial charge in [-0.2, -0.15) is 18.3 Å². The average molecular weight is 469 g/mol. The molecule has 1 aromatic carbocycles. The van der Waals surface area contributed by atoms with E-state index in [4.69, 9.17) is 11.6 Å². The Hall–Kier alpha value is -1.81. The number of rotatable bonds is 3. The number of carbonyl (C=O) groups excluding carboxylic acids is 2. The Morgan fingerprint density at radius 2 is 2.22 bits per heavy atom. The number of carbonyl (C=O) groups is 2. The number of fused-ring (bicyclic) bond motifs is 3. The highest BCUT2D eigenvalue weighted by atomic mass is 79.9.